The number of fused-ring (bicyclic) bond motifs is 1. The van der Waals surface area contributed by atoms with Gasteiger partial charge in [0.1, 0.15) is 17.1 Å². The van der Waals surface area contributed by atoms with E-state index in [0.29, 0.717) is 14.0 Å². The van der Waals surface area contributed by atoms with Gasteiger partial charge in [-0.3, -0.25) is 9.59 Å². The van der Waals surface area contributed by atoms with Gasteiger partial charge in [0.2, 0.25) is 0 Å². The quantitative estimate of drug-likeness (QED) is 0.461. The molecular weight excluding hydrogens is 372 g/mol. The number of nitrogens with zero attached hydrogens (tertiary/aromatic N) is 2. The third-order valence-corrected chi connectivity index (χ3v) is 7.40. The lowest BCUT2D eigenvalue weighted by molar-refractivity contribution is -0.156. The van der Waals surface area contributed by atoms with E-state index in [1.807, 2.05) is 27.7 Å². The van der Waals surface area contributed by atoms with Crippen LogP contribution in [0.4, 0.5) is 0 Å². The van der Waals surface area contributed by atoms with E-state index in [0.717, 1.165) is 36.4 Å². The molecule has 0 spiro atoms. The van der Waals surface area contributed by atoms with E-state index >= 15 is 0 Å². The fraction of sp³-hybridized carbons (Fsp3) is 0.444. The summed E-state index contributed by atoms with van der Waals surface area (Å²) in [4.78, 5) is 27.2. The first kappa shape index (κ1) is 19.0. The first-order valence-electron chi connectivity index (χ1n) is 8.63. The van der Waals surface area contributed by atoms with Gasteiger partial charge >= 0.3 is 0 Å². The number of carbonyl (C=O) groups is 2. The molecular formula is C18H22N2O4S2. The molecule has 2 heterocycles. The first-order valence-corrected chi connectivity index (χ1v) is 10.3. The molecule has 0 saturated carbocycles. The monoisotopic (exact) mass is 394 g/mol. The van der Waals surface area contributed by atoms with Gasteiger partial charge in [0.05, 0.1) is 26.1 Å². The largest absolute Gasteiger partial charge is 0.507 e. The number of hydrazine groups is 1. The molecule has 2 unspecified atom stereocenters. The lowest BCUT2D eigenvalue weighted by atomic mass is 10.2. The van der Waals surface area contributed by atoms with Crippen molar-refractivity contribution in [3.63, 3.8) is 0 Å². The number of phenolic OH excluding ortho intramolecular Hbond substituents is 2. The zero-order valence-corrected chi connectivity index (χ0v) is 16.8. The fourth-order valence-corrected chi connectivity index (χ4v) is 5.49. The van der Waals surface area contributed by atoms with Crippen molar-refractivity contribution >= 4 is 35.3 Å². The number of hydrogen-bond acceptors (Lipinski definition) is 6. The van der Waals surface area contributed by atoms with Crippen LogP contribution in [0, 0.1) is 0 Å². The molecule has 140 valence electrons. The Bertz CT molecular complexity index is 746. The minimum Gasteiger partial charge on any atom is -0.507 e. The highest BCUT2D eigenvalue weighted by Crippen LogP contribution is 2.59. The third-order valence-electron chi connectivity index (χ3n) is 4.76. The van der Waals surface area contributed by atoms with Gasteiger partial charge in [-0.2, -0.15) is 0 Å². The van der Waals surface area contributed by atoms with E-state index in [4.69, 9.17) is 0 Å². The van der Waals surface area contributed by atoms with Crippen LogP contribution in [0.3, 0.4) is 0 Å². The summed E-state index contributed by atoms with van der Waals surface area (Å²) in [6.45, 7) is 7.81. The molecule has 26 heavy (non-hydrogen) atoms. The predicted octanol–water partition coefficient (Wildman–Crippen LogP) is 3.69. The molecule has 0 aliphatic carbocycles. The lowest BCUT2D eigenvalue weighted by Gasteiger charge is -2.35. The number of thioether (sulfide) groups is 2. The van der Waals surface area contributed by atoms with Crippen LogP contribution in [0.1, 0.15) is 40.5 Å². The number of phenols is 2. The zero-order chi connectivity index (χ0) is 19.2. The van der Waals surface area contributed by atoms with Crippen molar-refractivity contribution in [3.8, 4) is 11.5 Å². The molecule has 6 nitrogen and oxygen atoms in total. The summed E-state index contributed by atoms with van der Waals surface area (Å²) in [5.41, 5.74) is 0.121. The molecule has 2 aliphatic heterocycles. The maximum atomic E-state index is 13.1. The number of hydrogen-bond donors (Lipinski definition) is 2. The normalized spacial score (nSPS) is 19.4. The summed E-state index contributed by atoms with van der Waals surface area (Å²) in [6, 6.07) is 2.62. The van der Waals surface area contributed by atoms with Gasteiger partial charge in [-0.15, -0.1) is 0 Å². The van der Waals surface area contributed by atoms with Crippen LogP contribution in [0.25, 0.3) is 0 Å². The minimum atomic E-state index is -0.313. The van der Waals surface area contributed by atoms with Gasteiger partial charge in [-0.25, -0.2) is 10.0 Å². The Balaban J connectivity index is 2.07. The Morgan fingerprint density at radius 3 is 1.62 bits per heavy atom. The van der Waals surface area contributed by atoms with Crippen molar-refractivity contribution in [2.75, 3.05) is 0 Å². The first-order chi connectivity index (χ1) is 12.3. The molecule has 1 aromatic rings. The molecule has 1 saturated heterocycles. The number of amides is 2. The smallest absolute Gasteiger partial charge is 0.280 e. The topological polar surface area (TPSA) is 81.1 Å². The van der Waals surface area contributed by atoms with E-state index in [2.05, 4.69) is 0 Å². The summed E-state index contributed by atoms with van der Waals surface area (Å²) < 4.78 is 0.505. The maximum absolute atomic E-state index is 13.1. The van der Waals surface area contributed by atoms with Gasteiger partial charge < -0.3 is 10.2 Å². The molecule has 2 aliphatic rings. The summed E-state index contributed by atoms with van der Waals surface area (Å²) in [5, 5.41) is 23.2. The Labute approximate surface area is 161 Å². The number of benzene rings is 1. The molecule has 2 atom stereocenters. The SMILES string of the molecule is CCC(C)N1C(=O)C(=C2Sc3c(O)ccc(O)c3S2)C(=O)N1C(C)CC. The summed E-state index contributed by atoms with van der Waals surface area (Å²) >= 11 is 2.32. The summed E-state index contributed by atoms with van der Waals surface area (Å²) in [7, 11) is 0. The van der Waals surface area contributed by atoms with Crippen molar-refractivity contribution in [2.24, 2.45) is 0 Å². The molecule has 8 heteroatoms. The molecule has 1 fully saturated rings. The second-order valence-corrected chi connectivity index (χ2v) is 8.74. The zero-order valence-electron chi connectivity index (χ0n) is 15.1. The van der Waals surface area contributed by atoms with Gasteiger partial charge in [0, 0.05) is 0 Å². The minimum absolute atomic E-state index is 0.0290. The van der Waals surface area contributed by atoms with Crippen LogP contribution in [-0.4, -0.2) is 44.1 Å². The number of aromatic hydroxyl groups is 2. The van der Waals surface area contributed by atoms with Crippen LogP contribution in [0.5, 0.6) is 11.5 Å². The molecule has 0 radical (unpaired) electrons. The number of rotatable bonds is 4. The molecule has 0 bridgehead atoms. The van der Waals surface area contributed by atoms with Gasteiger partial charge in [0.15, 0.2) is 0 Å². The Kier molecular flexibility index (Phi) is 5.16. The van der Waals surface area contributed by atoms with Gasteiger partial charge in [0.25, 0.3) is 11.8 Å². The molecule has 2 amide bonds. The Hall–Kier alpha value is -1.80. The van der Waals surface area contributed by atoms with Crippen molar-refractivity contribution in [3.05, 3.63) is 21.9 Å². The van der Waals surface area contributed by atoms with E-state index in [1.165, 1.54) is 12.1 Å². The van der Waals surface area contributed by atoms with E-state index in [1.54, 1.807) is 10.0 Å². The van der Waals surface area contributed by atoms with Crippen molar-refractivity contribution < 1.29 is 19.8 Å². The van der Waals surface area contributed by atoms with Gasteiger partial charge in [-0.05, 0) is 38.8 Å². The van der Waals surface area contributed by atoms with Crippen LogP contribution in [-0.2, 0) is 9.59 Å². The van der Waals surface area contributed by atoms with Gasteiger partial charge in [-0.1, -0.05) is 37.4 Å². The highest BCUT2D eigenvalue weighted by Gasteiger charge is 2.47. The molecule has 3 rings (SSSR count). The van der Waals surface area contributed by atoms with Crippen LogP contribution < -0.4 is 0 Å². The second kappa shape index (κ2) is 7.08. The Morgan fingerprint density at radius 2 is 1.27 bits per heavy atom. The maximum Gasteiger partial charge on any atom is 0.280 e. The standard InChI is InChI=1S/C18H22N2O4S2/c1-5-9(3)19-16(23)13(17(24)20(19)10(4)6-2)18-25-14-11(21)7-8-12(22)15(14)26-18/h7-10,21-22H,5-6H2,1-4H3. The average molecular weight is 395 g/mol. The van der Waals surface area contributed by atoms with E-state index < -0.39 is 0 Å². The molecule has 2 N–H and O–H groups in total. The summed E-state index contributed by atoms with van der Waals surface area (Å²) in [6.07, 6.45) is 1.47. The van der Waals surface area contributed by atoms with Crippen LogP contribution in [0.2, 0.25) is 0 Å². The summed E-state index contributed by atoms with van der Waals surface area (Å²) in [5.74, 6) is -0.569. The number of carbonyl (C=O) groups excluding carboxylic acids is 2. The Morgan fingerprint density at radius 1 is 0.885 bits per heavy atom. The highest BCUT2D eigenvalue weighted by molar-refractivity contribution is 8.25. The van der Waals surface area contributed by atoms with Crippen molar-refractivity contribution in [2.45, 2.75) is 62.4 Å². The predicted molar refractivity (Wildman–Crippen MR) is 102 cm³/mol. The fourth-order valence-electron chi connectivity index (χ4n) is 2.91. The average Bonchev–Trinajstić information content (AvgIpc) is 3.17. The molecule has 1 aromatic carbocycles. The van der Waals surface area contributed by atoms with Crippen molar-refractivity contribution in [1.82, 2.24) is 10.0 Å². The van der Waals surface area contributed by atoms with Crippen LogP contribution >= 0.6 is 23.5 Å². The third kappa shape index (κ3) is 2.85. The highest BCUT2D eigenvalue weighted by atomic mass is 32.2. The van der Waals surface area contributed by atoms with Crippen molar-refractivity contribution in [1.29, 1.82) is 0 Å². The second-order valence-electron chi connectivity index (χ2n) is 6.44. The molecule has 0 aromatic heterocycles. The lowest BCUT2D eigenvalue weighted by Crippen LogP contribution is -2.50. The van der Waals surface area contributed by atoms with E-state index in [-0.39, 0.29) is 41.0 Å². The van der Waals surface area contributed by atoms with E-state index in [9.17, 15) is 19.8 Å². The van der Waals surface area contributed by atoms with Crippen LogP contribution in [0.15, 0.2) is 31.7 Å².